The highest BCUT2D eigenvalue weighted by Crippen LogP contribution is 2.32. The van der Waals surface area contributed by atoms with Crippen molar-refractivity contribution in [3.63, 3.8) is 0 Å². The molecule has 1 aliphatic rings. The molecule has 118 valence electrons. The molecule has 0 radical (unpaired) electrons. The van der Waals surface area contributed by atoms with Gasteiger partial charge < -0.3 is 0 Å². The van der Waals surface area contributed by atoms with Gasteiger partial charge >= 0.3 is 0 Å². The van der Waals surface area contributed by atoms with Gasteiger partial charge in [-0.2, -0.15) is 0 Å². The predicted octanol–water partition coefficient (Wildman–Crippen LogP) is 3.62. The third kappa shape index (κ3) is 5.94. The van der Waals surface area contributed by atoms with E-state index in [1.165, 1.54) is 6.26 Å². The fraction of sp³-hybridized carbons (Fsp3) is 0.938. The number of hydrogen-bond acceptors (Lipinski definition) is 3. The van der Waals surface area contributed by atoms with Gasteiger partial charge in [-0.25, -0.2) is 8.42 Å². The first-order valence-electron chi connectivity index (χ1n) is 7.70. The van der Waals surface area contributed by atoms with Gasteiger partial charge in [0.1, 0.15) is 15.6 Å². The van der Waals surface area contributed by atoms with E-state index in [0.717, 1.165) is 25.7 Å². The van der Waals surface area contributed by atoms with Gasteiger partial charge in [-0.3, -0.25) is 4.79 Å². The Labute approximate surface area is 124 Å². The van der Waals surface area contributed by atoms with Crippen LogP contribution in [-0.2, 0) is 14.6 Å². The molecule has 0 aromatic carbocycles. The number of sulfone groups is 1. The normalized spacial score (nSPS) is 26.2. The number of carbonyl (C=O) groups is 1. The van der Waals surface area contributed by atoms with Gasteiger partial charge in [-0.15, -0.1) is 0 Å². The first kappa shape index (κ1) is 17.7. The first-order valence-corrected chi connectivity index (χ1v) is 9.66. The van der Waals surface area contributed by atoms with E-state index in [-0.39, 0.29) is 22.4 Å². The molecule has 3 unspecified atom stereocenters. The highest BCUT2D eigenvalue weighted by Gasteiger charge is 2.32. The molecule has 4 heteroatoms. The minimum atomic E-state index is -3.00. The molecule has 0 N–H and O–H groups in total. The van der Waals surface area contributed by atoms with E-state index in [1.54, 1.807) is 0 Å². The van der Waals surface area contributed by atoms with Crippen molar-refractivity contribution in [1.29, 1.82) is 0 Å². The molecule has 1 saturated carbocycles. The molecule has 20 heavy (non-hydrogen) atoms. The maximum Gasteiger partial charge on any atom is 0.150 e. The summed E-state index contributed by atoms with van der Waals surface area (Å²) in [6.45, 7) is 8.69. The molecule has 0 saturated heterocycles. The number of ketones is 1. The van der Waals surface area contributed by atoms with Crippen molar-refractivity contribution < 1.29 is 13.2 Å². The monoisotopic (exact) mass is 302 g/mol. The Morgan fingerprint density at radius 1 is 1.25 bits per heavy atom. The summed E-state index contributed by atoms with van der Waals surface area (Å²) in [5.74, 6) is 0.613. The fourth-order valence-corrected chi connectivity index (χ4v) is 4.63. The van der Waals surface area contributed by atoms with Gasteiger partial charge in [0.2, 0.25) is 0 Å². The predicted molar refractivity (Wildman–Crippen MR) is 83.4 cm³/mol. The third-order valence-corrected chi connectivity index (χ3v) is 5.84. The number of rotatable bonds is 5. The SMILES string of the molecule is CC(CC(=O)C1CCCC(S(C)(=O)=O)C1)CC(C)(C)C. The first-order chi connectivity index (χ1) is 8.99. The van der Waals surface area contributed by atoms with Crippen LogP contribution in [0.5, 0.6) is 0 Å². The van der Waals surface area contributed by atoms with Gasteiger partial charge in [0.15, 0.2) is 0 Å². The zero-order valence-electron chi connectivity index (χ0n) is 13.6. The van der Waals surface area contributed by atoms with Crippen LogP contribution < -0.4 is 0 Å². The van der Waals surface area contributed by atoms with Crippen LogP contribution in [0.1, 0.15) is 66.2 Å². The lowest BCUT2D eigenvalue weighted by atomic mass is 9.79. The van der Waals surface area contributed by atoms with Crippen molar-refractivity contribution in [3.05, 3.63) is 0 Å². The molecule has 0 aromatic rings. The van der Waals surface area contributed by atoms with Crippen LogP contribution in [0, 0.1) is 17.3 Å². The van der Waals surface area contributed by atoms with Crippen molar-refractivity contribution in [2.75, 3.05) is 6.26 Å². The second-order valence-corrected chi connectivity index (χ2v) is 10.2. The second kappa shape index (κ2) is 6.59. The van der Waals surface area contributed by atoms with Crippen LogP contribution in [0.25, 0.3) is 0 Å². The lowest BCUT2D eigenvalue weighted by Gasteiger charge is -2.29. The molecule has 0 bridgehead atoms. The van der Waals surface area contributed by atoms with E-state index in [0.29, 0.717) is 18.8 Å². The molecule has 0 heterocycles. The second-order valence-electron chi connectivity index (χ2n) is 7.86. The van der Waals surface area contributed by atoms with E-state index >= 15 is 0 Å². The molecule has 0 aliphatic heterocycles. The topological polar surface area (TPSA) is 51.2 Å². The summed E-state index contributed by atoms with van der Waals surface area (Å²) in [5, 5.41) is -0.303. The Hall–Kier alpha value is -0.380. The summed E-state index contributed by atoms with van der Waals surface area (Å²) < 4.78 is 23.3. The van der Waals surface area contributed by atoms with Crippen LogP contribution in [0.2, 0.25) is 0 Å². The summed E-state index contributed by atoms with van der Waals surface area (Å²) in [6, 6.07) is 0. The van der Waals surface area contributed by atoms with Crippen molar-refractivity contribution in [1.82, 2.24) is 0 Å². The number of carbonyl (C=O) groups excluding carboxylic acids is 1. The Kier molecular flexibility index (Phi) is 5.82. The summed E-state index contributed by atoms with van der Waals surface area (Å²) in [5.41, 5.74) is 0.238. The van der Waals surface area contributed by atoms with Crippen LogP contribution in [-0.4, -0.2) is 25.7 Å². The fourth-order valence-electron chi connectivity index (χ4n) is 3.45. The maximum atomic E-state index is 12.4. The lowest BCUT2D eigenvalue weighted by molar-refractivity contribution is -0.124. The Morgan fingerprint density at radius 3 is 2.35 bits per heavy atom. The van der Waals surface area contributed by atoms with Gasteiger partial charge in [0, 0.05) is 18.6 Å². The molecule has 0 amide bonds. The van der Waals surface area contributed by atoms with Crippen molar-refractivity contribution >= 4 is 15.6 Å². The van der Waals surface area contributed by atoms with Crippen LogP contribution >= 0.6 is 0 Å². The van der Waals surface area contributed by atoms with E-state index < -0.39 is 9.84 Å². The minimum Gasteiger partial charge on any atom is -0.299 e. The molecule has 0 spiro atoms. The van der Waals surface area contributed by atoms with Gasteiger partial charge in [-0.1, -0.05) is 34.1 Å². The standard InChI is InChI=1S/C16H30O3S/c1-12(11-16(2,3)4)9-15(17)13-7-6-8-14(10-13)20(5,18)19/h12-14H,6-11H2,1-5H3. The average Bonchev–Trinajstić information content (AvgIpc) is 2.25. The number of hydrogen-bond donors (Lipinski definition) is 0. The molecule has 1 aliphatic carbocycles. The molecular formula is C16H30O3S. The van der Waals surface area contributed by atoms with Crippen molar-refractivity contribution in [2.45, 2.75) is 71.5 Å². The lowest BCUT2D eigenvalue weighted by Crippen LogP contribution is -2.31. The smallest absolute Gasteiger partial charge is 0.150 e. The van der Waals surface area contributed by atoms with Crippen molar-refractivity contribution in [2.24, 2.45) is 17.3 Å². The van der Waals surface area contributed by atoms with Crippen molar-refractivity contribution in [3.8, 4) is 0 Å². The maximum absolute atomic E-state index is 12.4. The molecule has 3 atom stereocenters. The quantitative estimate of drug-likeness (QED) is 0.779. The van der Waals surface area contributed by atoms with Crippen LogP contribution in [0.4, 0.5) is 0 Å². The Bertz CT molecular complexity index is 431. The minimum absolute atomic E-state index is 0.0362. The molecule has 0 aromatic heterocycles. The Balaban J connectivity index is 2.55. The third-order valence-electron chi connectivity index (χ3n) is 4.20. The summed E-state index contributed by atoms with van der Waals surface area (Å²) >= 11 is 0. The van der Waals surface area contributed by atoms with Crippen LogP contribution in [0.3, 0.4) is 0 Å². The van der Waals surface area contributed by atoms with E-state index in [9.17, 15) is 13.2 Å². The van der Waals surface area contributed by atoms with E-state index in [1.807, 2.05) is 0 Å². The highest BCUT2D eigenvalue weighted by atomic mass is 32.2. The van der Waals surface area contributed by atoms with Crippen LogP contribution in [0.15, 0.2) is 0 Å². The number of Topliss-reactive ketones (excluding diaryl/α,β-unsaturated/α-hetero) is 1. The zero-order valence-corrected chi connectivity index (χ0v) is 14.4. The van der Waals surface area contributed by atoms with E-state index in [2.05, 4.69) is 27.7 Å². The van der Waals surface area contributed by atoms with Gasteiger partial charge in [-0.05, 0) is 37.0 Å². The van der Waals surface area contributed by atoms with E-state index in [4.69, 9.17) is 0 Å². The summed E-state index contributed by atoms with van der Waals surface area (Å²) in [7, 11) is -3.00. The van der Waals surface area contributed by atoms with Gasteiger partial charge in [0.05, 0.1) is 5.25 Å². The molecule has 1 fully saturated rings. The molecule has 1 rings (SSSR count). The molecule has 3 nitrogen and oxygen atoms in total. The summed E-state index contributed by atoms with van der Waals surface area (Å²) in [6.07, 6.45) is 5.92. The van der Waals surface area contributed by atoms with Gasteiger partial charge in [0.25, 0.3) is 0 Å². The summed E-state index contributed by atoms with van der Waals surface area (Å²) in [4.78, 5) is 12.4. The largest absolute Gasteiger partial charge is 0.299 e. The Morgan fingerprint density at radius 2 is 1.85 bits per heavy atom. The highest BCUT2D eigenvalue weighted by molar-refractivity contribution is 7.91. The average molecular weight is 302 g/mol. The molecular weight excluding hydrogens is 272 g/mol. The zero-order chi connectivity index (χ0) is 15.6.